The molecule has 2 amide bonds. The summed E-state index contributed by atoms with van der Waals surface area (Å²) in [6.07, 6.45) is 2.96. The number of ether oxygens (including phenoxy) is 1. The predicted molar refractivity (Wildman–Crippen MR) is 138 cm³/mol. The third-order valence-electron chi connectivity index (χ3n) is 7.90. The number of benzene rings is 2. The lowest BCUT2D eigenvalue weighted by Crippen LogP contribution is -2.45. The fraction of sp³-hybridized carbons (Fsp3) is 0.333. The van der Waals surface area contributed by atoms with Gasteiger partial charge in [-0.05, 0) is 35.7 Å². The number of aromatic nitrogens is 6. The Bertz CT molecular complexity index is 1640. The molecule has 1 spiro atoms. The maximum absolute atomic E-state index is 14.6. The molecule has 3 aliphatic heterocycles. The number of para-hydroxylation sites is 1. The molecular formula is C27H26N8O4. The van der Waals surface area contributed by atoms with Crippen molar-refractivity contribution in [2.75, 3.05) is 18.1 Å². The van der Waals surface area contributed by atoms with Crippen LogP contribution in [0.3, 0.4) is 0 Å². The molecule has 1 saturated heterocycles. The molecule has 12 nitrogen and oxygen atoms in total. The quantitative estimate of drug-likeness (QED) is 0.403. The van der Waals surface area contributed by atoms with Crippen molar-refractivity contribution >= 4 is 17.5 Å². The Balaban J connectivity index is 1.38. The van der Waals surface area contributed by atoms with Crippen LogP contribution in [0.15, 0.2) is 59.5 Å². The molecule has 12 heteroatoms. The Labute approximate surface area is 222 Å². The van der Waals surface area contributed by atoms with Gasteiger partial charge in [-0.1, -0.05) is 35.5 Å². The van der Waals surface area contributed by atoms with E-state index in [1.165, 1.54) is 0 Å². The summed E-state index contributed by atoms with van der Waals surface area (Å²) in [7, 11) is 0. The molecule has 0 aliphatic carbocycles. The summed E-state index contributed by atoms with van der Waals surface area (Å²) >= 11 is 0. The lowest BCUT2D eigenvalue weighted by molar-refractivity contribution is -0.133. The number of carbonyl (C=O) groups excluding carboxylic acids is 2. The Morgan fingerprint density at radius 1 is 1.13 bits per heavy atom. The fourth-order valence-electron chi connectivity index (χ4n) is 6.28. The van der Waals surface area contributed by atoms with Crippen molar-refractivity contribution in [2.45, 2.75) is 43.8 Å². The van der Waals surface area contributed by atoms with Gasteiger partial charge in [-0.2, -0.15) is 5.10 Å². The van der Waals surface area contributed by atoms with E-state index in [4.69, 9.17) is 4.74 Å². The summed E-state index contributed by atoms with van der Waals surface area (Å²) < 4.78 is 7.85. The second kappa shape index (κ2) is 8.93. The van der Waals surface area contributed by atoms with E-state index in [9.17, 15) is 14.4 Å². The number of aryl methyl sites for hydroxylation is 1. The van der Waals surface area contributed by atoms with Crippen LogP contribution >= 0.6 is 0 Å². The van der Waals surface area contributed by atoms with Crippen LogP contribution in [0.1, 0.15) is 41.5 Å². The van der Waals surface area contributed by atoms with E-state index in [0.29, 0.717) is 37.6 Å². The number of rotatable bonds is 2. The SMILES string of the molecule is O=C(Cc1n[nH]c(=O)[nH]1)N1CC[C@]23C(=O)N(Cc4cn(nn4)CCCOc4cccc(c4)[C@H]12)c1ccccc13. The van der Waals surface area contributed by atoms with E-state index in [-0.39, 0.29) is 30.6 Å². The van der Waals surface area contributed by atoms with Crippen LogP contribution in [0.2, 0.25) is 0 Å². The molecule has 2 aromatic heterocycles. The van der Waals surface area contributed by atoms with Gasteiger partial charge in [0.15, 0.2) is 0 Å². The number of nitrogens with zero attached hydrogens (tertiary/aromatic N) is 6. The first kappa shape index (κ1) is 23.4. The van der Waals surface area contributed by atoms with Crippen molar-refractivity contribution in [3.63, 3.8) is 0 Å². The van der Waals surface area contributed by atoms with Gasteiger partial charge < -0.3 is 14.5 Å². The minimum atomic E-state index is -1.000. The van der Waals surface area contributed by atoms with Gasteiger partial charge in [-0.3, -0.25) is 19.3 Å². The highest BCUT2D eigenvalue weighted by Crippen LogP contribution is 2.57. The Morgan fingerprint density at radius 3 is 2.90 bits per heavy atom. The lowest BCUT2D eigenvalue weighted by atomic mass is 9.72. The highest BCUT2D eigenvalue weighted by molar-refractivity contribution is 6.09. The van der Waals surface area contributed by atoms with Crippen molar-refractivity contribution in [1.82, 2.24) is 35.1 Å². The first-order chi connectivity index (χ1) is 19.0. The fourth-order valence-corrected chi connectivity index (χ4v) is 6.28. The largest absolute Gasteiger partial charge is 0.494 e. The number of anilines is 1. The first-order valence-electron chi connectivity index (χ1n) is 13.0. The number of H-pyrrole nitrogens is 2. The normalized spacial score (nSPS) is 22.1. The molecule has 0 saturated carbocycles. The average Bonchev–Trinajstić information content (AvgIpc) is 3.71. The monoisotopic (exact) mass is 526 g/mol. The van der Waals surface area contributed by atoms with Crippen LogP contribution in [-0.2, 0) is 34.5 Å². The number of hydrogen-bond acceptors (Lipinski definition) is 7. The van der Waals surface area contributed by atoms with E-state index in [0.717, 1.165) is 23.2 Å². The highest BCUT2D eigenvalue weighted by Gasteiger charge is 2.61. The smallest absolute Gasteiger partial charge is 0.340 e. The predicted octanol–water partition coefficient (Wildman–Crippen LogP) is 1.47. The maximum Gasteiger partial charge on any atom is 0.340 e. The number of nitrogens with one attached hydrogen (secondary N) is 2. The minimum Gasteiger partial charge on any atom is -0.494 e. The van der Waals surface area contributed by atoms with Gasteiger partial charge in [0, 0.05) is 25.2 Å². The molecule has 198 valence electrons. The molecule has 2 aromatic carbocycles. The molecule has 4 aromatic rings. The maximum atomic E-state index is 14.6. The Hall–Kier alpha value is -4.74. The first-order valence-corrected chi connectivity index (χ1v) is 13.0. The van der Waals surface area contributed by atoms with Crippen LogP contribution in [-0.4, -0.2) is 60.0 Å². The zero-order valence-electron chi connectivity index (χ0n) is 21.0. The minimum absolute atomic E-state index is 0.0760. The number of amides is 2. The van der Waals surface area contributed by atoms with Gasteiger partial charge in [0.25, 0.3) is 0 Å². The van der Waals surface area contributed by atoms with E-state index >= 15 is 0 Å². The molecule has 3 aliphatic rings. The molecular weight excluding hydrogens is 500 g/mol. The second-order valence-corrected chi connectivity index (χ2v) is 10.2. The van der Waals surface area contributed by atoms with Gasteiger partial charge in [0.2, 0.25) is 11.8 Å². The van der Waals surface area contributed by atoms with Crippen LogP contribution < -0.4 is 15.3 Å². The number of carbonyl (C=O) groups is 2. The molecule has 1 fully saturated rings. The van der Waals surface area contributed by atoms with Crippen LogP contribution in [0, 0.1) is 0 Å². The molecule has 7 rings (SSSR count). The molecule has 0 radical (unpaired) electrons. The summed E-state index contributed by atoms with van der Waals surface area (Å²) in [6, 6.07) is 14.9. The van der Waals surface area contributed by atoms with Crippen molar-refractivity contribution in [3.8, 4) is 5.75 Å². The summed E-state index contributed by atoms with van der Waals surface area (Å²) in [6.45, 7) is 1.77. The second-order valence-electron chi connectivity index (χ2n) is 10.2. The van der Waals surface area contributed by atoms with Crippen molar-refractivity contribution in [1.29, 1.82) is 0 Å². The summed E-state index contributed by atoms with van der Waals surface area (Å²) in [5.74, 6) is 0.620. The van der Waals surface area contributed by atoms with Gasteiger partial charge in [-0.15, -0.1) is 5.10 Å². The van der Waals surface area contributed by atoms with E-state index in [2.05, 4.69) is 25.5 Å². The van der Waals surface area contributed by atoms with Crippen molar-refractivity contribution < 1.29 is 14.3 Å². The van der Waals surface area contributed by atoms with E-state index in [1.54, 1.807) is 14.5 Å². The Kier molecular flexibility index (Phi) is 5.35. The van der Waals surface area contributed by atoms with Crippen LogP contribution in [0.4, 0.5) is 5.69 Å². The van der Waals surface area contributed by atoms with Gasteiger partial charge in [0.05, 0.1) is 31.8 Å². The number of likely N-dealkylation sites (tertiary alicyclic amines) is 1. The van der Waals surface area contributed by atoms with Gasteiger partial charge >= 0.3 is 5.69 Å². The van der Waals surface area contributed by atoms with E-state index < -0.39 is 17.1 Å². The Morgan fingerprint density at radius 2 is 2.03 bits per heavy atom. The number of fused-ring (bicyclic) bond motifs is 8. The average molecular weight is 527 g/mol. The topological polar surface area (TPSA) is 142 Å². The summed E-state index contributed by atoms with van der Waals surface area (Å²) in [5.41, 5.74) is 1.73. The van der Waals surface area contributed by atoms with Crippen LogP contribution in [0.5, 0.6) is 5.75 Å². The zero-order chi connectivity index (χ0) is 26.6. The molecule has 5 heterocycles. The van der Waals surface area contributed by atoms with Crippen molar-refractivity contribution in [2.24, 2.45) is 0 Å². The van der Waals surface area contributed by atoms with Crippen LogP contribution in [0.25, 0.3) is 0 Å². The van der Waals surface area contributed by atoms with Gasteiger partial charge in [-0.25, -0.2) is 9.89 Å². The summed E-state index contributed by atoms with van der Waals surface area (Å²) in [4.78, 5) is 46.0. The highest BCUT2D eigenvalue weighted by atomic mass is 16.5. The molecule has 39 heavy (non-hydrogen) atoms. The number of hydrogen-bond donors (Lipinski definition) is 2. The van der Waals surface area contributed by atoms with Crippen molar-refractivity contribution in [3.05, 3.63) is 87.9 Å². The zero-order valence-corrected chi connectivity index (χ0v) is 21.0. The third-order valence-corrected chi connectivity index (χ3v) is 7.90. The van der Waals surface area contributed by atoms with E-state index in [1.807, 2.05) is 54.7 Å². The van der Waals surface area contributed by atoms with Gasteiger partial charge in [0.1, 0.15) is 22.7 Å². The summed E-state index contributed by atoms with van der Waals surface area (Å²) in [5, 5.41) is 14.8. The standard InChI is InChI=1S/C27H26N8O4/c36-23(14-22-28-26(38)31-30-22)34-11-9-27-20-7-1-2-8-21(20)35(25(27)37)16-18-15-33(32-29-18)10-4-12-39-19-6-3-5-17(13-19)24(27)34/h1-3,5-8,13,15,24H,4,9-12,14,16H2,(H2,28,30,31,38)/t24-,27+/m0/s1. The molecule has 0 unspecified atom stereocenters. The molecule has 2 N–H and O–H groups in total. The molecule has 6 bridgehead atoms. The third kappa shape index (κ3) is 3.74. The lowest BCUT2D eigenvalue weighted by Gasteiger charge is -2.35. The number of aromatic amines is 2. The molecule has 2 atom stereocenters.